The number of nitrogens with one attached hydrogen (secondary N) is 2. The lowest BCUT2D eigenvalue weighted by molar-refractivity contribution is -0.146. The average molecular weight is 568 g/mol. The lowest BCUT2D eigenvalue weighted by Crippen LogP contribution is -2.46. The van der Waals surface area contributed by atoms with E-state index >= 15 is 0 Å². The van der Waals surface area contributed by atoms with Crippen molar-refractivity contribution < 1.29 is 22.7 Å². The highest BCUT2D eigenvalue weighted by atomic mass is 127. The molecule has 9 nitrogen and oxygen atoms in total. The number of halogens is 1. The SMILES string of the molecule is CCNC(=NCc1cccc(S(=O)(=O)NCCOC)c1)N1CCC(C(=O)OC)CC1.I. The van der Waals surface area contributed by atoms with Gasteiger partial charge in [0.05, 0.1) is 31.1 Å². The quantitative estimate of drug-likeness (QED) is 0.153. The molecule has 0 radical (unpaired) electrons. The molecular weight excluding hydrogens is 535 g/mol. The molecule has 1 saturated heterocycles. The maximum atomic E-state index is 12.4. The number of hydrogen-bond acceptors (Lipinski definition) is 6. The Morgan fingerprint density at radius 2 is 1.97 bits per heavy atom. The fraction of sp³-hybridized carbons (Fsp3) is 0.600. The minimum absolute atomic E-state index is 0. The fourth-order valence-electron chi connectivity index (χ4n) is 3.26. The Labute approximate surface area is 202 Å². The number of nitrogens with zero attached hydrogens (tertiary/aromatic N) is 2. The van der Waals surface area contributed by atoms with E-state index in [1.54, 1.807) is 18.2 Å². The number of carbonyl (C=O) groups is 1. The first-order chi connectivity index (χ1) is 14.4. The third kappa shape index (κ3) is 8.54. The van der Waals surface area contributed by atoms with Crippen molar-refractivity contribution in [2.45, 2.75) is 31.2 Å². The molecule has 0 unspecified atom stereocenters. The number of methoxy groups -OCH3 is 2. The zero-order valence-electron chi connectivity index (χ0n) is 18.3. The molecule has 1 aliphatic rings. The summed E-state index contributed by atoms with van der Waals surface area (Å²) in [6.07, 6.45) is 1.44. The Morgan fingerprint density at radius 1 is 1.26 bits per heavy atom. The second-order valence-corrected chi connectivity index (χ2v) is 8.76. The molecule has 1 heterocycles. The molecule has 2 N–H and O–H groups in total. The van der Waals surface area contributed by atoms with E-state index in [4.69, 9.17) is 9.47 Å². The van der Waals surface area contributed by atoms with Gasteiger partial charge in [0.2, 0.25) is 10.0 Å². The van der Waals surface area contributed by atoms with Gasteiger partial charge in [-0.25, -0.2) is 18.1 Å². The standard InChI is InChI=1S/C20H32N4O5S.HI/c1-4-21-20(24-11-8-17(9-12-24)19(25)29-3)22-15-16-6-5-7-18(14-16)30(26,27)23-10-13-28-2;/h5-7,14,17,23H,4,8-13,15H2,1-3H3,(H,21,22);1H. The summed E-state index contributed by atoms with van der Waals surface area (Å²) in [6.45, 7) is 5.01. The van der Waals surface area contributed by atoms with Crippen molar-refractivity contribution in [1.82, 2.24) is 14.9 Å². The maximum absolute atomic E-state index is 12.4. The largest absolute Gasteiger partial charge is 0.469 e. The molecule has 0 bridgehead atoms. The fourth-order valence-corrected chi connectivity index (χ4v) is 4.34. The molecule has 0 aliphatic carbocycles. The molecule has 0 saturated carbocycles. The number of ether oxygens (including phenoxy) is 2. The lowest BCUT2D eigenvalue weighted by Gasteiger charge is -2.33. The maximum Gasteiger partial charge on any atom is 0.308 e. The van der Waals surface area contributed by atoms with E-state index in [9.17, 15) is 13.2 Å². The highest BCUT2D eigenvalue weighted by molar-refractivity contribution is 14.0. The van der Waals surface area contributed by atoms with Crippen LogP contribution >= 0.6 is 24.0 Å². The van der Waals surface area contributed by atoms with Crippen LogP contribution in [0.5, 0.6) is 0 Å². The van der Waals surface area contributed by atoms with Crippen molar-refractivity contribution in [3.05, 3.63) is 29.8 Å². The van der Waals surface area contributed by atoms with Crippen LogP contribution in [-0.2, 0) is 30.8 Å². The summed E-state index contributed by atoms with van der Waals surface area (Å²) in [6, 6.07) is 6.76. The van der Waals surface area contributed by atoms with Crippen molar-refractivity contribution in [2.75, 3.05) is 47.0 Å². The first-order valence-electron chi connectivity index (χ1n) is 10.1. The van der Waals surface area contributed by atoms with Gasteiger partial charge >= 0.3 is 5.97 Å². The van der Waals surface area contributed by atoms with Gasteiger partial charge in [-0.05, 0) is 37.5 Å². The number of aliphatic imine (C=N–C) groups is 1. The third-order valence-electron chi connectivity index (χ3n) is 4.88. The summed E-state index contributed by atoms with van der Waals surface area (Å²) in [5, 5.41) is 3.28. The van der Waals surface area contributed by atoms with E-state index in [-0.39, 0.29) is 47.3 Å². The second-order valence-electron chi connectivity index (χ2n) is 6.99. The van der Waals surface area contributed by atoms with Gasteiger partial charge in [-0.15, -0.1) is 24.0 Å². The number of carbonyl (C=O) groups excluding carboxylic acids is 1. The van der Waals surface area contributed by atoms with Gasteiger partial charge in [-0.3, -0.25) is 4.79 Å². The van der Waals surface area contributed by atoms with Crippen LogP contribution in [0.1, 0.15) is 25.3 Å². The van der Waals surface area contributed by atoms with Gasteiger partial charge in [0.1, 0.15) is 0 Å². The van der Waals surface area contributed by atoms with Gasteiger partial charge in [-0.2, -0.15) is 0 Å². The van der Waals surface area contributed by atoms with E-state index in [1.165, 1.54) is 14.2 Å². The monoisotopic (exact) mass is 568 g/mol. The zero-order valence-corrected chi connectivity index (χ0v) is 21.4. The summed E-state index contributed by atoms with van der Waals surface area (Å²) in [5.41, 5.74) is 0.796. The molecular formula is C20H33IN4O5S. The predicted molar refractivity (Wildman–Crippen MR) is 130 cm³/mol. The molecule has 1 aliphatic heterocycles. The molecule has 0 aromatic heterocycles. The molecule has 2 rings (SSSR count). The molecule has 1 aromatic carbocycles. The van der Waals surface area contributed by atoms with E-state index in [0.717, 1.165) is 24.4 Å². The first-order valence-corrected chi connectivity index (χ1v) is 11.6. The number of sulfonamides is 1. The Bertz CT molecular complexity index is 827. The number of benzene rings is 1. The van der Waals surface area contributed by atoms with Crippen LogP contribution in [0.2, 0.25) is 0 Å². The van der Waals surface area contributed by atoms with Gasteiger partial charge in [-0.1, -0.05) is 12.1 Å². The van der Waals surface area contributed by atoms with Gasteiger partial charge in [0.15, 0.2) is 5.96 Å². The molecule has 1 fully saturated rings. The van der Waals surface area contributed by atoms with Crippen molar-refractivity contribution in [2.24, 2.45) is 10.9 Å². The molecule has 0 amide bonds. The van der Waals surface area contributed by atoms with Crippen molar-refractivity contribution >= 4 is 45.9 Å². The molecule has 1 aromatic rings. The van der Waals surface area contributed by atoms with Crippen LogP contribution in [0.25, 0.3) is 0 Å². The van der Waals surface area contributed by atoms with Crippen molar-refractivity contribution in [1.29, 1.82) is 0 Å². The van der Waals surface area contributed by atoms with Crippen LogP contribution in [0, 0.1) is 5.92 Å². The Morgan fingerprint density at radius 3 is 2.58 bits per heavy atom. The Kier molecular flexibility index (Phi) is 12.3. The summed E-state index contributed by atoms with van der Waals surface area (Å²) in [7, 11) is -0.651. The van der Waals surface area contributed by atoms with Gasteiger partial charge < -0.3 is 19.7 Å². The van der Waals surface area contributed by atoms with Gasteiger partial charge in [0, 0.05) is 33.3 Å². The molecule has 0 atom stereocenters. The molecule has 176 valence electrons. The predicted octanol–water partition coefficient (Wildman–Crippen LogP) is 1.58. The van der Waals surface area contributed by atoms with Crippen molar-refractivity contribution in [3.8, 4) is 0 Å². The summed E-state index contributed by atoms with van der Waals surface area (Å²) in [4.78, 5) is 18.7. The molecule has 11 heteroatoms. The van der Waals surface area contributed by atoms with E-state index in [0.29, 0.717) is 32.8 Å². The van der Waals surface area contributed by atoms with E-state index in [2.05, 4.69) is 19.9 Å². The minimum atomic E-state index is -3.59. The number of piperidine rings is 1. The highest BCUT2D eigenvalue weighted by Gasteiger charge is 2.27. The van der Waals surface area contributed by atoms with Crippen LogP contribution in [-0.4, -0.2) is 72.3 Å². The number of rotatable bonds is 9. The van der Waals surface area contributed by atoms with Crippen LogP contribution in [0.3, 0.4) is 0 Å². The number of esters is 1. The summed E-state index contributed by atoms with van der Waals surface area (Å²) in [5.74, 6) is 0.530. The van der Waals surface area contributed by atoms with Gasteiger partial charge in [0.25, 0.3) is 0 Å². The summed E-state index contributed by atoms with van der Waals surface area (Å²) < 4.78 is 37.0. The molecule has 0 spiro atoms. The summed E-state index contributed by atoms with van der Waals surface area (Å²) >= 11 is 0. The Hall–Kier alpha value is -1.44. The number of guanidine groups is 1. The average Bonchev–Trinajstić information content (AvgIpc) is 2.76. The normalized spacial score (nSPS) is 15.3. The van der Waals surface area contributed by atoms with Crippen LogP contribution in [0.15, 0.2) is 34.2 Å². The number of likely N-dealkylation sites (tertiary alicyclic amines) is 1. The second kappa shape index (κ2) is 13.9. The number of hydrogen-bond donors (Lipinski definition) is 2. The van der Waals surface area contributed by atoms with E-state index in [1.807, 2.05) is 13.0 Å². The smallest absolute Gasteiger partial charge is 0.308 e. The van der Waals surface area contributed by atoms with Crippen LogP contribution < -0.4 is 10.0 Å². The van der Waals surface area contributed by atoms with Crippen molar-refractivity contribution in [3.63, 3.8) is 0 Å². The first kappa shape index (κ1) is 27.6. The molecule has 31 heavy (non-hydrogen) atoms. The zero-order chi connectivity index (χ0) is 22.0. The van der Waals surface area contributed by atoms with E-state index < -0.39 is 10.0 Å². The topological polar surface area (TPSA) is 109 Å². The van der Waals surface area contributed by atoms with Crippen LogP contribution in [0.4, 0.5) is 0 Å². The minimum Gasteiger partial charge on any atom is -0.469 e. The highest BCUT2D eigenvalue weighted by Crippen LogP contribution is 2.19. The third-order valence-corrected chi connectivity index (χ3v) is 6.34. The Balaban J connectivity index is 0.00000480. The lowest BCUT2D eigenvalue weighted by atomic mass is 9.97.